The van der Waals surface area contributed by atoms with Crippen molar-refractivity contribution in [3.63, 3.8) is 0 Å². The van der Waals surface area contributed by atoms with Crippen molar-refractivity contribution in [2.45, 2.75) is 32.5 Å². The van der Waals surface area contributed by atoms with Crippen LogP contribution in [0.15, 0.2) is 18.0 Å². The molecule has 0 saturated carbocycles. The minimum absolute atomic E-state index is 0.0562. The van der Waals surface area contributed by atoms with Gasteiger partial charge in [-0.05, 0) is 0 Å². The Bertz CT molecular complexity index is 358. The second-order valence-electron chi connectivity index (χ2n) is 5.15. The first-order chi connectivity index (χ1) is 6.88. The summed E-state index contributed by atoms with van der Waals surface area (Å²) in [5.74, 6) is 3.75. The molecule has 15 heavy (non-hydrogen) atoms. The van der Waals surface area contributed by atoms with E-state index in [1.165, 1.54) is 0 Å². The molecule has 0 radical (unpaired) electrons. The van der Waals surface area contributed by atoms with E-state index in [-0.39, 0.29) is 11.0 Å². The SMILES string of the molecule is CC(C)(C)BC(=O)Cc1ccbcc1N. The number of nitrogens with two attached hydrogens (primary N) is 1. The molecule has 0 amide bonds. The van der Waals surface area contributed by atoms with E-state index in [9.17, 15) is 4.79 Å². The van der Waals surface area contributed by atoms with Gasteiger partial charge >= 0.3 is 92.1 Å². The zero-order valence-electron chi connectivity index (χ0n) is 9.71. The third-order valence-electron chi connectivity index (χ3n) is 2.17. The fraction of sp³-hybridized carbons (Fsp3) is 0.455. The zero-order valence-corrected chi connectivity index (χ0v) is 9.71. The molecule has 0 bridgehead atoms. The van der Waals surface area contributed by atoms with Gasteiger partial charge in [0.2, 0.25) is 0 Å². The predicted molar refractivity (Wildman–Crippen MR) is 67.8 cm³/mol. The van der Waals surface area contributed by atoms with Crippen molar-refractivity contribution in [3.8, 4) is 0 Å². The van der Waals surface area contributed by atoms with Crippen molar-refractivity contribution in [3.05, 3.63) is 23.6 Å². The van der Waals surface area contributed by atoms with E-state index in [0.717, 1.165) is 5.56 Å². The average molecular weight is 201 g/mol. The summed E-state index contributed by atoms with van der Waals surface area (Å²) in [5, 5.41) is 0.0562. The number of hydrogen-bond acceptors (Lipinski definition) is 2. The minimum atomic E-state index is 0.0562. The summed E-state index contributed by atoms with van der Waals surface area (Å²) in [6.45, 7) is 8.09. The van der Waals surface area contributed by atoms with Gasteiger partial charge in [-0.25, -0.2) is 0 Å². The van der Waals surface area contributed by atoms with Gasteiger partial charge in [-0.15, -0.1) is 0 Å². The third kappa shape index (κ3) is 4.32. The van der Waals surface area contributed by atoms with E-state index in [1.807, 2.05) is 24.9 Å². The van der Waals surface area contributed by atoms with Crippen molar-refractivity contribution >= 4 is 25.6 Å². The molecule has 1 aromatic heterocycles. The Morgan fingerprint density at radius 2 is 2.20 bits per heavy atom. The molecule has 0 unspecified atom stereocenters. The van der Waals surface area contributed by atoms with Gasteiger partial charge in [-0.1, -0.05) is 0 Å². The van der Waals surface area contributed by atoms with Gasteiger partial charge < -0.3 is 0 Å². The van der Waals surface area contributed by atoms with Crippen molar-refractivity contribution in [1.29, 1.82) is 0 Å². The van der Waals surface area contributed by atoms with E-state index in [2.05, 4.69) is 20.8 Å². The Morgan fingerprint density at radius 1 is 1.53 bits per heavy atom. The molecular weight excluding hydrogens is 184 g/mol. The molecule has 1 aromatic rings. The first-order valence-corrected chi connectivity index (χ1v) is 5.23. The van der Waals surface area contributed by atoms with E-state index in [4.69, 9.17) is 5.73 Å². The number of carbonyl (C=O) groups is 1. The Labute approximate surface area is 92.7 Å². The third-order valence-corrected chi connectivity index (χ3v) is 2.17. The summed E-state index contributed by atoms with van der Waals surface area (Å²) in [5.41, 5.74) is 7.68. The summed E-state index contributed by atoms with van der Waals surface area (Å²) >= 11 is 0. The first-order valence-electron chi connectivity index (χ1n) is 5.23. The molecule has 0 fully saturated rings. The fourth-order valence-electron chi connectivity index (χ4n) is 1.56. The van der Waals surface area contributed by atoms with Gasteiger partial charge in [-0.3, -0.25) is 0 Å². The average Bonchev–Trinajstić information content (AvgIpc) is 2.05. The van der Waals surface area contributed by atoms with E-state index >= 15 is 0 Å². The molecule has 0 atom stereocenters. The molecule has 0 aliphatic heterocycles. The normalized spacial score (nSPS) is 10.9. The van der Waals surface area contributed by atoms with Gasteiger partial charge in [0.05, 0.1) is 0 Å². The van der Waals surface area contributed by atoms with Gasteiger partial charge in [0.15, 0.2) is 0 Å². The predicted octanol–water partition coefficient (Wildman–Crippen LogP) is 1.33. The van der Waals surface area contributed by atoms with Crippen LogP contribution in [0.4, 0.5) is 5.69 Å². The van der Waals surface area contributed by atoms with Crippen molar-refractivity contribution in [2.24, 2.45) is 0 Å². The van der Waals surface area contributed by atoms with Crippen molar-refractivity contribution < 1.29 is 4.79 Å². The van der Waals surface area contributed by atoms with Crippen LogP contribution in [0, 0.1) is 0 Å². The van der Waals surface area contributed by atoms with Gasteiger partial charge in [0, 0.05) is 0 Å². The fourth-order valence-corrected chi connectivity index (χ4v) is 1.56. The van der Waals surface area contributed by atoms with Crippen LogP contribution in [0.1, 0.15) is 26.3 Å². The Balaban J connectivity index is 2.64. The van der Waals surface area contributed by atoms with E-state index in [1.54, 1.807) is 0 Å². The topological polar surface area (TPSA) is 43.1 Å². The number of anilines is 1. The molecular formula is C11H17B2NO. The molecule has 0 spiro atoms. The van der Waals surface area contributed by atoms with Crippen molar-refractivity contribution in [1.82, 2.24) is 0 Å². The quantitative estimate of drug-likeness (QED) is 0.749. The molecule has 1 heterocycles. The summed E-state index contributed by atoms with van der Waals surface area (Å²) in [7, 11) is 0.599. The first kappa shape index (κ1) is 12.0. The summed E-state index contributed by atoms with van der Waals surface area (Å²) in [4.78, 5) is 11.7. The van der Waals surface area contributed by atoms with Gasteiger partial charge in [-0.2, -0.15) is 0 Å². The molecule has 2 nitrogen and oxygen atoms in total. The standard InChI is InChI=1S/C11H17B2NO/c1-11(2,3)13-10(15)6-8-4-5-12-7-9(8)14/h4-5,7,13H,6,14H2,1-3H3. The summed E-state index contributed by atoms with van der Waals surface area (Å²) < 4.78 is 0. The van der Waals surface area contributed by atoms with Crippen LogP contribution >= 0.6 is 0 Å². The second kappa shape index (κ2) is 4.65. The Hall–Kier alpha value is -1.05. The second-order valence-corrected chi connectivity index (χ2v) is 5.15. The molecule has 0 aliphatic carbocycles. The number of hydrogen-bond donors (Lipinski definition) is 1. The molecule has 2 N–H and O–H groups in total. The van der Waals surface area contributed by atoms with Crippen LogP contribution in [0.25, 0.3) is 0 Å². The molecule has 4 heteroatoms. The zero-order chi connectivity index (χ0) is 11.5. The Kier molecular flexibility index (Phi) is 3.72. The number of rotatable bonds is 3. The maximum absolute atomic E-state index is 11.7. The van der Waals surface area contributed by atoms with Crippen LogP contribution in [0.2, 0.25) is 5.31 Å². The van der Waals surface area contributed by atoms with Crippen LogP contribution in [0.5, 0.6) is 0 Å². The van der Waals surface area contributed by atoms with Gasteiger partial charge in [0.1, 0.15) is 0 Å². The molecule has 0 saturated heterocycles. The molecule has 78 valence electrons. The monoisotopic (exact) mass is 201 g/mol. The maximum atomic E-state index is 11.7. The molecule has 0 aromatic carbocycles. The summed E-state index contributed by atoms with van der Waals surface area (Å²) in [6.07, 6.45) is 0.448. The van der Waals surface area contributed by atoms with E-state index in [0.29, 0.717) is 19.4 Å². The van der Waals surface area contributed by atoms with Crippen molar-refractivity contribution in [2.75, 3.05) is 5.73 Å². The summed E-state index contributed by atoms with van der Waals surface area (Å²) in [6, 6.07) is 1.91. The number of nitrogen functional groups attached to an aromatic ring is 1. The molecule has 0 aliphatic rings. The van der Waals surface area contributed by atoms with Crippen LogP contribution < -0.4 is 5.73 Å². The van der Waals surface area contributed by atoms with Crippen LogP contribution in [-0.2, 0) is 11.2 Å². The number of carbonyl (C=O) groups excluding carboxylic acids is 1. The van der Waals surface area contributed by atoms with Gasteiger partial charge in [0.25, 0.3) is 0 Å². The van der Waals surface area contributed by atoms with Crippen LogP contribution in [-0.4, -0.2) is 19.9 Å². The Morgan fingerprint density at radius 3 is 2.73 bits per heavy atom. The van der Waals surface area contributed by atoms with Crippen LogP contribution in [0.3, 0.4) is 0 Å². The van der Waals surface area contributed by atoms with E-state index < -0.39 is 0 Å². The molecule has 1 rings (SSSR count).